The number of aromatic nitrogens is 1. The normalized spacial score (nSPS) is 24.3. The third-order valence-electron chi connectivity index (χ3n) is 11.0. The first-order valence-corrected chi connectivity index (χ1v) is 16.7. The quantitative estimate of drug-likeness (QED) is 0.376. The summed E-state index contributed by atoms with van der Waals surface area (Å²) in [5.74, 6) is -1.50. The van der Waals surface area contributed by atoms with Gasteiger partial charge in [0, 0.05) is 76.7 Å². The van der Waals surface area contributed by atoms with E-state index in [0.29, 0.717) is 58.0 Å². The summed E-state index contributed by atoms with van der Waals surface area (Å²) in [4.78, 5) is 45.9. The Bertz CT molecular complexity index is 1250. The van der Waals surface area contributed by atoms with E-state index < -0.39 is 29.0 Å². The third-order valence-corrected chi connectivity index (χ3v) is 11.0. The van der Waals surface area contributed by atoms with Crippen molar-refractivity contribution in [1.82, 2.24) is 24.8 Å². The zero-order valence-electron chi connectivity index (χ0n) is 27.5. The highest BCUT2D eigenvalue weighted by atomic mass is 19.4. The van der Waals surface area contributed by atoms with Gasteiger partial charge in [0.05, 0.1) is 12.8 Å². The van der Waals surface area contributed by atoms with Crippen molar-refractivity contribution in [2.24, 2.45) is 11.8 Å². The number of halogens is 3. The summed E-state index contributed by atoms with van der Waals surface area (Å²) < 4.78 is 56.0. The summed E-state index contributed by atoms with van der Waals surface area (Å²) in [5, 5.41) is 3.41. The molecule has 4 fully saturated rings. The molecule has 14 heteroatoms. The van der Waals surface area contributed by atoms with E-state index >= 15 is 0 Å². The number of nitrogens with zero attached hydrogens (tertiary/aromatic N) is 5. The number of unbranched alkanes of at least 4 members (excludes halogenated alkanes) is 1. The Labute approximate surface area is 268 Å². The summed E-state index contributed by atoms with van der Waals surface area (Å²) >= 11 is 0. The number of alkyl halides is 3. The van der Waals surface area contributed by atoms with Crippen LogP contribution in [0, 0.1) is 18.8 Å². The number of likely N-dealkylation sites (tertiary alicyclic amines) is 3. The molecule has 4 aliphatic rings. The summed E-state index contributed by atoms with van der Waals surface area (Å²) in [6, 6.07) is 0. The molecule has 3 amide bonds. The molecule has 0 bridgehead atoms. The number of ether oxygens (including phenoxy) is 2. The molecule has 1 aromatic heterocycles. The van der Waals surface area contributed by atoms with E-state index in [2.05, 4.69) is 28.4 Å². The molecule has 4 aliphatic heterocycles. The van der Waals surface area contributed by atoms with Gasteiger partial charge in [0.2, 0.25) is 0 Å². The van der Waals surface area contributed by atoms with Crippen LogP contribution in [0.2, 0.25) is 0 Å². The van der Waals surface area contributed by atoms with Crippen LogP contribution in [-0.4, -0.2) is 113 Å². The second-order valence-corrected chi connectivity index (χ2v) is 13.8. The third kappa shape index (κ3) is 6.96. The number of amides is 3. The topological polar surface area (TPSA) is 109 Å². The summed E-state index contributed by atoms with van der Waals surface area (Å²) in [6.07, 6.45) is 2.10. The summed E-state index contributed by atoms with van der Waals surface area (Å²) in [7, 11) is 1.39. The van der Waals surface area contributed by atoms with Crippen LogP contribution in [0.25, 0.3) is 0 Å². The fourth-order valence-electron chi connectivity index (χ4n) is 7.94. The number of hydrogen-bond donors (Lipinski definition) is 0. The molecule has 1 spiro atoms. The highest BCUT2D eigenvalue weighted by molar-refractivity contribution is 5.96. The van der Waals surface area contributed by atoms with Crippen LogP contribution in [0.4, 0.5) is 22.8 Å². The van der Waals surface area contributed by atoms with Crippen LogP contribution in [0.1, 0.15) is 93.4 Å². The van der Waals surface area contributed by atoms with Crippen LogP contribution in [0.3, 0.4) is 0 Å². The second kappa shape index (κ2) is 13.6. The van der Waals surface area contributed by atoms with E-state index in [1.54, 1.807) is 4.90 Å². The minimum atomic E-state index is -4.79. The summed E-state index contributed by atoms with van der Waals surface area (Å²) in [6.45, 7) is 10.4. The lowest BCUT2D eigenvalue weighted by Gasteiger charge is -2.55. The molecule has 5 heterocycles. The van der Waals surface area contributed by atoms with Crippen LogP contribution < -0.4 is 0 Å². The van der Waals surface area contributed by atoms with Crippen LogP contribution in [0.15, 0.2) is 4.52 Å². The maximum Gasteiger partial charge on any atom is 0.453 e. The Morgan fingerprint density at radius 1 is 1.02 bits per heavy atom. The van der Waals surface area contributed by atoms with E-state index in [0.717, 1.165) is 58.0 Å². The Kier molecular flexibility index (Phi) is 10.1. The molecule has 5 rings (SSSR count). The van der Waals surface area contributed by atoms with Gasteiger partial charge < -0.3 is 28.7 Å². The largest absolute Gasteiger partial charge is 0.453 e. The van der Waals surface area contributed by atoms with Gasteiger partial charge in [-0.2, -0.15) is 13.2 Å². The number of carbonyl (C=O) groups is 3. The zero-order chi connectivity index (χ0) is 33.3. The van der Waals surface area contributed by atoms with Crippen molar-refractivity contribution in [3.63, 3.8) is 0 Å². The van der Waals surface area contributed by atoms with E-state index in [9.17, 15) is 27.6 Å². The van der Waals surface area contributed by atoms with Crippen molar-refractivity contribution in [3.05, 3.63) is 17.0 Å². The smallest absolute Gasteiger partial charge is 0.453 e. The molecule has 4 saturated heterocycles. The molecule has 1 unspecified atom stereocenters. The van der Waals surface area contributed by atoms with Crippen LogP contribution in [0.5, 0.6) is 0 Å². The SMILES string of the molecule is CCCCC1CN(CC2CCN(C(=O)OC)CC2)C(=O)OC12CCN(C1(C)CCN(C(=O)c3c(C)noc3C(F)(F)F)CC1)CC2. The van der Waals surface area contributed by atoms with Gasteiger partial charge in [0.25, 0.3) is 11.7 Å². The molecular weight excluding hydrogens is 607 g/mol. The zero-order valence-corrected chi connectivity index (χ0v) is 27.5. The fraction of sp³-hybridized carbons (Fsp3) is 0.812. The molecule has 258 valence electrons. The maximum absolute atomic E-state index is 13.4. The minimum absolute atomic E-state index is 0.0610. The number of carbonyl (C=O) groups excluding carboxylic acids is 3. The van der Waals surface area contributed by atoms with Gasteiger partial charge in [0.1, 0.15) is 11.2 Å². The molecule has 1 aromatic rings. The lowest BCUT2D eigenvalue weighted by atomic mass is 9.74. The number of piperidine rings is 3. The van der Waals surface area contributed by atoms with E-state index in [1.165, 1.54) is 18.9 Å². The molecule has 11 nitrogen and oxygen atoms in total. The lowest BCUT2D eigenvalue weighted by molar-refractivity contribution is -0.156. The van der Waals surface area contributed by atoms with Crippen molar-refractivity contribution in [3.8, 4) is 0 Å². The Morgan fingerprint density at radius 2 is 1.67 bits per heavy atom. The van der Waals surface area contributed by atoms with Crippen molar-refractivity contribution in [1.29, 1.82) is 0 Å². The van der Waals surface area contributed by atoms with Gasteiger partial charge >= 0.3 is 18.4 Å². The first kappa shape index (κ1) is 34.3. The molecule has 46 heavy (non-hydrogen) atoms. The first-order valence-electron chi connectivity index (χ1n) is 16.7. The van der Waals surface area contributed by atoms with Gasteiger partial charge in [-0.25, -0.2) is 9.59 Å². The number of rotatable bonds is 7. The predicted molar refractivity (Wildman–Crippen MR) is 161 cm³/mol. The van der Waals surface area contributed by atoms with Crippen molar-refractivity contribution < 1.29 is 41.6 Å². The number of aryl methyl sites for hydroxylation is 1. The molecule has 1 atom stereocenters. The first-order chi connectivity index (χ1) is 21.8. The van der Waals surface area contributed by atoms with E-state index in [-0.39, 0.29) is 29.3 Å². The van der Waals surface area contributed by atoms with Gasteiger partial charge in [-0.15, -0.1) is 0 Å². The van der Waals surface area contributed by atoms with Gasteiger partial charge in [-0.05, 0) is 51.9 Å². The lowest BCUT2D eigenvalue weighted by Crippen LogP contribution is -2.64. The average molecular weight is 656 g/mol. The Hall–Kier alpha value is -3.03. The molecule has 0 saturated carbocycles. The average Bonchev–Trinajstić information content (AvgIpc) is 3.44. The second-order valence-electron chi connectivity index (χ2n) is 13.8. The molecule has 0 aliphatic carbocycles. The van der Waals surface area contributed by atoms with Crippen molar-refractivity contribution >= 4 is 18.1 Å². The van der Waals surface area contributed by atoms with Crippen molar-refractivity contribution in [2.75, 3.05) is 59.5 Å². The van der Waals surface area contributed by atoms with Crippen LogP contribution in [-0.2, 0) is 15.7 Å². The predicted octanol–water partition coefficient (Wildman–Crippen LogP) is 5.57. The standard InChI is InChI=1S/C32H48F3N5O6/c1-5-6-7-24-21-39(20-23-8-14-38(15-9-23)28(42)44-4)29(43)45-31(24)12-18-40(19-13-31)30(3)10-16-37(17-11-30)27(41)25-22(2)36-46-26(25)32(33,34)35/h23-24H,5-21H2,1-4H3. The molecular formula is C32H48F3N5O6. The van der Waals surface area contributed by atoms with Gasteiger partial charge in [-0.3, -0.25) is 9.69 Å². The van der Waals surface area contributed by atoms with E-state index in [1.807, 2.05) is 4.90 Å². The van der Waals surface area contributed by atoms with Crippen molar-refractivity contribution in [2.45, 2.75) is 95.9 Å². The molecule has 0 N–H and O–H groups in total. The Balaban J connectivity index is 1.17. The van der Waals surface area contributed by atoms with Crippen LogP contribution >= 0.6 is 0 Å². The highest BCUT2D eigenvalue weighted by Crippen LogP contribution is 2.44. The summed E-state index contributed by atoms with van der Waals surface area (Å²) in [5.41, 5.74) is -1.30. The maximum atomic E-state index is 13.4. The monoisotopic (exact) mass is 655 g/mol. The fourth-order valence-corrected chi connectivity index (χ4v) is 7.94. The van der Waals surface area contributed by atoms with Gasteiger partial charge in [0.15, 0.2) is 0 Å². The Morgan fingerprint density at radius 3 is 2.26 bits per heavy atom. The van der Waals surface area contributed by atoms with Gasteiger partial charge in [-0.1, -0.05) is 24.9 Å². The van der Waals surface area contributed by atoms with E-state index in [4.69, 9.17) is 9.47 Å². The minimum Gasteiger partial charge on any atom is -0.453 e. The molecule has 0 radical (unpaired) electrons. The number of hydrogen-bond acceptors (Lipinski definition) is 8. The highest BCUT2D eigenvalue weighted by Gasteiger charge is 2.52. The molecule has 0 aromatic carbocycles. The number of methoxy groups -OCH3 is 1.